The monoisotopic (exact) mass is 249 g/mol. The van der Waals surface area contributed by atoms with E-state index in [2.05, 4.69) is 30.1 Å². The van der Waals surface area contributed by atoms with Crippen LogP contribution >= 0.6 is 0 Å². The lowest BCUT2D eigenvalue weighted by molar-refractivity contribution is 0.104. The van der Waals surface area contributed by atoms with Crippen LogP contribution in [0.5, 0.6) is 0 Å². The van der Waals surface area contributed by atoms with Gasteiger partial charge in [0.1, 0.15) is 6.04 Å². The van der Waals surface area contributed by atoms with Crippen molar-refractivity contribution in [2.45, 2.75) is 64.5 Å². The molecule has 0 bridgehead atoms. The van der Waals surface area contributed by atoms with Gasteiger partial charge in [0.05, 0.1) is 6.07 Å². The summed E-state index contributed by atoms with van der Waals surface area (Å²) in [6, 6.07) is 2.77. The van der Waals surface area contributed by atoms with Crippen LogP contribution in [0, 0.1) is 16.7 Å². The standard InChI is InChI=1S/C15H27N3/c1-13(2)17-14(11-16)12-18-9-7-15(8-10-18)5-3-4-6-15/h13-14,17H,3-10,12H2,1-2H3. The van der Waals surface area contributed by atoms with Crippen molar-refractivity contribution in [3.63, 3.8) is 0 Å². The third kappa shape index (κ3) is 3.46. The highest BCUT2D eigenvalue weighted by Gasteiger charge is 2.37. The maximum Gasteiger partial charge on any atom is 0.108 e. The molecule has 3 nitrogen and oxygen atoms in total. The fraction of sp³-hybridized carbons (Fsp3) is 0.933. The first-order valence-electron chi connectivity index (χ1n) is 7.52. The van der Waals surface area contributed by atoms with Crippen LogP contribution in [0.4, 0.5) is 0 Å². The van der Waals surface area contributed by atoms with Crippen LogP contribution in [0.2, 0.25) is 0 Å². The number of rotatable bonds is 4. The second kappa shape index (κ2) is 6.04. The van der Waals surface area contributed by atoms with Crippen molar-refractivity contribution in [3.05, 3.63) is 0 Å². The summed E-state index contributed by atoms with van der Waals surface area (Å²) in [5.41, 5.74) is 0.685. The predicted molar refractivity (Wildman–Crippen MR) is 74.2 cm³/mol. The molecule has 0 amide bonds. The molecule has 18 heavy (non-hydrogen) atoms. The van der Waals surface area contributed by atoms with E-state index >= 15 is 0 Å². The summed E-state index contributed by atoms with van der Waals surface area (Å²) >= 11 is 0. The van der Waals surface area contributed by atoms with Crippen molar-refractivity contribution in [2.24, 2.45) is 5.41 Å². The van der Waals surface area contributed by atoms with Gasteiger partial charge in [-0.25, -0.2) is 0 Å². The smallest absolute Gasteiger partial charge is 0.108 e. The molecule has 2 fully saturated rings. The van der Waals surface area contributed by atoms with Crippen LogP contribution in [0.3, 0.4) is 0 Å². The number of piperidine rings is 1. The van der Waals surface area contributed by atoms with Crippen LogP contribution in [0.1, 0.15) is 52.4 Å². The van der Waals surface area contributed by atoms with Crippen molar-refractivity contribution in [1.29, 1.82) is 5.26 Å². The van der Waals surface area contributed by atoms with Crippen LogP contribution in [0.25, 0.3) is 0 Å². The summed E-state index contributed by atoms with van der Waals surface area (Å²) in [5, 5.41) is 12.5. The number of nitrogens with zero attached hydrogens (tertiary/aromatic N) is 2. The second-order valence-electron chi connectivity index (χ2n) is 6.51. The van der Waals surface area contributed by atoms with Crippen molar-refractivity contribution < 1.29 is 0 Å². The fourth-order valence-corrected chi connectivity index (χ4v) is 3.63. The number of nitriles is 1. The van der Waals surface area contributed by atoms with Gasteiger partial charge in [-0.1, -0.05) is 12.8 Å². The molecule has 102 valence electrons. The minimum absolute atomic E-state index is 0.0115. The molecule has 1 heterocycles. The van der Waals surface area contributed by atoms with Crippen LogP contribution in [0.15, 0.2) is 0 Å². The molecular formula is C15H27N3. The van der Waals surface area contributed by atoms with Crippen LogP contribution in [-0.4, -0.2) is 36.6 Å². The van der Waals surface area contributed by atoms with E-state index in [0.29, 0.717) is 11.5 Å². The summed E-state index contributed by atoms with van der Waals surface area (Å²) in [6.45, 7) is 7.49. The summed E-state index contributed by atoms with van der Waals surface area (Å²) < 4.78 is 0. The lowest BCUT2D eigenvalue weighted by atomic mass is 9.77. The summed E-state index contributed by atoms with van der Waals surface area (Å²) in [6.07, 6.45) is 8.49. The molecule has 1 aliphatic heterocycles. The third-order valence-corrected chi connectivity index (χ3v) is 4.71. The Balaban J connectivity index is 1.77. The number of hydrogen-bond donors (Lipinski definition) is 1. The quantitative estimate of drug-likeness (QED) is 0.832. The van der Waals surface area contributed by atoms with Gasteiger partial charge < -0.3 is 4.90 Å². The minimum Gasteiger partial charge on any atom is -0.301 e. The highest BCUT2D eigenvalue weighted by atomic mass is 15.2. The van der Waals surface area contributed by atoms with E-state index < -0.39 is 0 Å². The first-order chi connectivity index (χ1) is 8.63. The predicted octanol–water partition coefficient (Wildman–Crippen LogP) is 2.53. The fourth-order valence-electron chi connectivity index (χ4n) is 3.63. The minimum atomic E-state index is -0.0115. The van der Waals surface area contributed by atoms with Crippen molar-refractivity contribution >= 4 is 0 Å². The van der Waals surface area contributed by atoms with E-state index in [9.17, 15) is 5.26 Å². The van der Waals surface area contributed by atoms with Gasteiger partial charge >= 0.3 is 0 Å². The average molecular weight is 249 g/mol. The summed E-state index contributed by atoms with van der Waals surface area (Å²) in [7, 11) is 0. The molecule has 1 N–H and O–H groups in total. The SMILES string of the molecule is CC(C)NC(C#N)CN1CCC2(CCCC2)CC1. The molecule has 2 aliphatic rings. The van der Waals surface area contributed by atoms with Crippen molar-refractivity contribution in [1.82, 2.24) is 10.2 Å². The van der Waals surface area contributed by atoms with E-state index in [0.717, 1.165) is 6.54 Å². The molecule has 1 atom stereocenters. The van der Waals surface area contributed by atoms with E-state index in [4.69, 9.17) is 0 Å². The lowest BCUT2D eigenvalue weighted by Gasteiger charge is -2.40. The summed E-state index contributed by atoms with van der Waals surface area (Å²) in [5.74, 6) is 0. The Labute approximate surface area is 112 Å². The van der Waals surface area contributed by atoms with Gasteiger partial charge in [-0.15, -0.1) is 0 Å². The molecule has 1 spiro atoms. The molecular weight excluding hydrogens is 222 g/mol. The molecule has 0 radical (unpaired) electrons. The molecule has 1 saturated heterocycles. The Hall–Kier alpha value is -0.590. The zero-order valence-corrected chi connectivity index (χ0v) is 11.9. The first-order valence-corrected chi connectivity index (χ1v) is 7.52. The maximum atomic E-state index is 9.17. The van der Waals surface area contributed by atoms with Gasteiger partial charge in [0.15, 0.2) is 0 Å². The molecule has 0 aromatic rings. The number of nitrogens with one attached hydrogen (secondary N) is 1. The molecule has 1 unspecified atom stereocenters. The van der Waals surface area contributed by atoms with Gasteiger partial charge in [0, 0.05) is 12.6 Å². The first kappa shape index (κ1) is 13.8. The van der Waals surface area contributed by atoms with Crippen molar-refractivity contribution in [2.75, 3.05) is 19.6 Å². The Bertz CT molecular complexity index is 289. The second-order valence-corrected chi connectivity index (χ2v) is 6.51. The highest BCUT2D eigenvalue weighted by Crippen LogP contribution is 2.45. The van der Waals surface area contributed by atoms with Crippen LogP contribution in [-0.2, 0) is 0 Å². The Morgan fingerprint density at radius 3 is 2.28 bits per heavy atom. The van der Waals surface area contributed by atoms with E-state index in [1.54, 1.807) is 0 Å². The van der Waals surface area contributed by atoms with E-state index in [1.165, 1.54) is 51.6 Å². The Morgan fingerprint density at radius 2 is 1.78 bits per heavy atom. The largest absolute Gasteiger partial charge is 0.301 e. The molecule has 3 heteroatoms. The zero-order valence-electron chi connectivity index (χ0n) is 11.9. The van der Waals surface area contributed by atoms with E-state index in [-0.39, 0.29) is 6.04 Å². The summed E-state index contributed by atoms with van der Waals surface area (Å²) in [4.78, 5) is 2.48. The highest BCUT2D eigenvalue weighted by molar-refractivity contribution is 4.96. The zero-order chi connectivity index (χ0) is 13.0. The molecule has 2 rings (SSSR count). The van der Waals surface area contributed by atoms with Crippen LogP contribution < -0.4 is 5.32 Å². The van der Waals surface area contributed by atoms with Gasteiger partial charge in [0.25, 0.3) is 0 Å². The number of likely N-dealkylation sites (tertiary alicyclic amines) is 1. The maximum absolute atomic E-state index is 9.17. The van der Waals surface area contributed by atoms with Crippen molar-refractivity contribution in [3.8, 4) is 6.07 Å². The molecule has 0 aromatic carbocycles. The molecule has 0 aromatic heterocycles. The van der Waals surface area contributed by atoms with Gasteiger partial charge in [-0.3, -0.25) is 5.32 Å². The third-order valence-electron chi connectivity index (χ3n) is 4.71. The molecule has 1 aliphatic carbocycles. The van der Waals surface area contributed by atoms with Gasteiger partial charge in [-0.05, 0) is 58.0 Å². The molecule has 1 saturated carbocycles. The van der Waals surface area contributed by atoms with E-state index in [1.807, 2.05) is 0 Å². The number of hydrogen-bond acceptors (Lipinski definition) is 3. The Kier molecular flexibility index (Phi) is 4.64. The van der Waals surface area contributed by atoms with Gasteiger partial charge in [-0.2, -0.15) is 5.26 Å². The Morgan fingerprint density at radius 1 is 1.17 bits per heavy atom. The van der Waals surface area contributed by atoms with Gasteiger partial charge in [0.2, 0.25) is 0 Å². The normalized spacial score (nSPS) is 25.4. The average Bonchev–Trinajstić information content (AvgIpc) is 2.79. The topological polar surface area (TPSA) is 39.1 Å². The lowest BCUT2D eigenvalue weighted by Crippen LogP contribution is -2.47.